The Balaban J connectivity index is 0.638. The minimum Gasteiger partial charge on any atom is -0.376 e. The van der Waals surface area contributed by atoms with Crippen molar-refractivity contribution in [3.63, 3.8) is 0 Å². The second kappa shape index (κ2) is 21.8. The van der Waals surface area contributed by atoms with E-state index in [0.29, 0.717) is 43.9 Å². The fourth-order valence-corrected chi connectivity index (χ4v) is 21.6. The molecule has 8 nitrogen and oxygen atoms in total. The minimum atomic E-state index is -0.398. The van der Waals surface area contributed by atoms with E-state index in [2.05, 4.69) is 81.4 Å². The van der Waals surface area contributed by atoms with Gasteiger partial charge >= 0.3 is 0 Å². The number of rotatable bonds is 18. The Kier molecular flexibility index (Phi) is 15.5. The van der Waals surface area contributed by atoms with Gasteiger partial charge < -0.3 is 9.47 Å². The Morgan fingerprint density at radius 1 is 0.475 bits per heavy atom. The first-order chi connectivity index (χ1) is 38.3. The zero-order chi connectivity index (χ0) is 56.2. The molecule has 8 heteroatoms. The lowest BCUT2D eigenvalue weighted by molar-refractivity contribution is -0.0644. The van der Waals surface area contributed by atoms with Gasteiger partial charge in [0, 0.05) is 33.0 Å². The van der Waals surface area contributed by atoms with Crippen LogP contribution in [0.2, 0.25) is 0 Å². The molecule has 4 amide bonds. The second-order valence-corrected chi connectivity index (χ2v) is 30.6. The highest BCUT2D eigenvalue weighted by atomic mass is 16.5. The number of imide groups is 2. The van der Waals surface area contributed by atoms with E-state index in [1.807, 2.05) is 0 Å². The molecule has 16 atom stereocenters. The summed E-state index contributed by atoms with van der Waals surface area (Å²) in [6, 6.07) is 6.74. The van der Waals surface area contributed by atoms with Gasteiger partial charge in [-0.15, -0.1) is 0 Å². The number of hydrogen-bond donors (Lipinski definition) is 0. The number of benzene rings is 2. The van der Waals surface area contributed by atoms with Gasteiger partial charge in [0.1, 0.15) is 0 Å². The third kappa shape index (κ3) is 9.40. The molecule has 0 N–H and O–H groups in total. The number of fused-ring (bicyclic) bond motifs is 10. The Labute approximate surface area is 482 Å². The van der Waals surface area contributed by atoms with Crippen LogP contribution in [0.4, 0.5) is 0 Å². The molecule has 80 heavy (non-hydrogen) atoms. The van der Waals surface area contributed by atoms with Crippen LogP contribution in [-0.4, -0.2) is 71.9 Å². The van der Waals surface area contributed by atoms with Crippen LogP contribution in [0.25, 0.3) is 10.8 Å². The van der Waals surface area contributed by atoms with Crippen LogP contribution >= 0.6 is 0 Å². The predicted octanol–water partition coefficient (Wildman–Crippen LogP) is 16.9. The molecule has 0 aromatic heterocycles. The minimum absolute atomic E-state index is 0.0639. The van der Waals surface area contributed by atoms with Crippen LogP contribution in [0.5, 0.6) is 0 Å². The molecule has 0 bridgehead atoms. The quantitative estimate of drug-likeness (QED) is 0.109. The molecule has 12 rings (SSSR count). The average Bonchev–Trinajstić information content (AvgIpc) is 2.57. The van der Waals surface area contributed by atoms with E-state index in [0.717, 1.165) is 110 Å². The van der Waals surface area contributed by atoms with Crippen molar-refractivity contribution in [2.45, 2.75) is 223 Å². The zero-order valence-electron chi connectivity index (χ0n) is 51.3. The molecule has 2 aromatic carbocycles. The molecule has 0 radical (unpaired) electrons. The highest BCUT2D eigenvalue weighted by molar-refractivity contribution is 6.33. The lowest BCUT2D eigenvalue weighted by Gasteiger charge is -2.58. The molecule has 10 aliphatic rings. The first-order valence-corrected chi connectivity index (χ1v) is 33.2. The Hall–Kier alpha value is -3.62. The summed E-state index contributed by atoms with van der Waals surface area (Å²) in [6.07, 6.45) is 33.1. The van der Waals surface area contributed by atoms with Gasteiger partial charge in [0.25, 0.3) is 23.6 Å². The van der Waals surface area contributed by atoms with Crippen molar-refractivity contribution in [3.8, 4) is 0 Å². The maximum atomic E-state index is 14.3. The summed E-state index contributed by atoms with van der Waals surface area (Å²) >= 11 is 0. The second-order valence-electron chi connectivity index (χ2n) is 30.6. The van der Waals surface area contributed by atoms with E-state index in [9.17, 15) is 19.2 Å². The van der Waals surface area contributed by atoms with Gasteiger partial charge in [0.2, 0.25) is 0 Å². The van der Waals surface area contributed by atoms with E-state index in [4.69, 9.17) is 9.47 Å². The van der Waals surface area contributed by atoms with Crippen LogP contribution in [0.15, 0.2) is 47.6 Å². The van der Waals surface area contributed by atoms with E-state index >= 15 is 0 Å². The summed E-state index contributed by atoms with van der Waals surface area (Å²) in [5, 5.41) is 0.836. The molecule has 2 aromatic rings. The summed E-state index contributed by atoms with van der Waals surface area (Å²) in [4.78, 5) is 59.8. The van der Waals surface area contributed by atoms with Crippen molar-refractivity contribution >= 4 is 34.4 Å². The van der Waals surface area contributed by atoms with Crippen LogP contribution in [0.3, 0.4) is 0 Å². The summed E-state index contributed by atoms with van der Waals surface area (Å²) < 4.78 is 13.2. The first-order valence-electron chi connectivity index (χ1n) is 33.2. The topological polar surface area (TPSA) is 93.2 Å². The maximum Gasteiger partial charge on any atom is 0.261 e. The highest BCUT2D eigenvalue weighted by Crippen LogP contribution is 2.69. The van der Waals surface area contributed by atoms with Crippen molar-refractivity contribution in [2.24, 2.45) is 92.7 Å². The molecule has 436 valence electrons. The summed E-state index contributed by atoms with van der Waals surface area (Å²) in [7, 11) is 0. The smallest absolute Gasteiger partial charge is 0.261 e. The lowest BCUT2D eigenvalue weighted by Crippen LogP contribution is -2.51. The van der Waals surface area contributed by atoms with Crippen LogP contribution in [0, 0.1) is 92.7 Å². The number of ether oxygens (including phenoxy) is 2. The maximum absolute atomic E-state index is 14.3. The normalized spacial score (nSPS) is 38.0. The van der Waals surface area contributed by atoms with E-state index in [1.54, 1.807) is 35.4 Å². The van der Waals surface area contributed by atoms with Gasteiger partial charge in [-0.1, -0.05) is 131 Å². The van der Waals surface area contributed by atoms with Gasteiger partial charge in [-0.05, 0) is 220 Å². The predicted molar refractivity (Wildman–Crippen MR) is 320 cm³/mol. The molecule has 6 saturated carbocycles. The van der Waals surface area contributed by atoms with Gasteiger partial charge in [-0.3, -0.25) is 29.0 Å². The van der Waals surface area contributed by atoms with Crippen molar-refractivity contribution in [1.29, 1.82) is 0 Å². The summed E-state index contributed by atoms with van der Waals surface area (Å²) in [6.45, 7) is 25.9. The van der Waals surface area contributed by atoms with Crippen LogP contribution in [-0.2, 0) is 9.47 Å². The Morgan fingerprint density at radius 2 is 0.850 bits per heavy atom. The highest BCUT2D eigenvalue weighted by Gasteiger charge is 2.61. The van der Waals surface area contributed by atoms with Crippen molar-refractivity contribution in [3.05, 3.63) is 69.8 Å². The molecule has 2 heterocycles. The third-order valence-electron chi connectivity index (χ3n) is 25.9. The van der Waals surface area contributed by atoms with Gasteiger partial charge in [0.05, 0.1) is 38.5 Å². The first kappa shape index (κ1) is 56.8. The number of amides is 4. The number of carbonyl (C=O) groups is 4. The molecular weight excluding hydrogens is 989 g/mol. The van der Waals surface area contributed by atoms with Crippen LogP contribution in [0.1, 0.15) is 252 Å². The standard InChI is InChI=1S/C72H102N2O6/c1-43(2)13-11-15-45(5)57-25-27-59-51-19-17-47-41-49(29-33-69(47,7)61(51)31-35-71(57,59)9)79-39-37-73-65(75)53-21-23-55-64-56(24-22-54(63(53)64)66(73)76)68(78)74(67(55)77)38-40-80-50-30-34-70(8)48(42-50)18-20-52-60-28-26-58(46(6)16-12-14-44(3)4)72(60,10)36-32-62(52)70/h17-18,21-24,43-46,49-52,57-62H,11-16,19-20,25-42H2,1-10H3/t45-,46-,49+,50+,51+,52+,57-,58-,59+,60+,61+,62+,69+,70+,71-,72-/m1/s1. The van der Waals surface area contributed by atoms with Crippen molar-refractivity contribution in [1.82, 2.24) is 9.80 Å². The van der Waals surface area contributed by atoms with E-state index in [1.165, 1.54) is 113 Å². The van der Waals surface area contributed by atoms with Crippen LogP contribution < -0.4 is 0 Å². The van der Waals surface area contributed by atoms with Gasteiger partial charge in [0.15, 0.2) is 0 Å². The number of carbonyl (C=O) groups excluding carboxylic acids is 4. The zero-order valence-corrected chi connectivity index (χ0v) is 51.3. The third-order valence-corrected chi connectivity index (χ3v) is 25.9. The fraction of sp³-hybridized carbons (Fsp3) is 0.750. The number of allylic oxidation sites excluding steroid dienone is 2. The molecule has 8 aliphatic carbocycles. The molecule has 2 aliphatic heterocycles. The van der Waals surface area contributed by atoms with Gasteiger partial charge in [-0.25, -0.2) is 0 Å². The summed E-state index contributed by atoms with van der Waals surface area (Å²) in [5.41, 5.74) is 5.98. The van der Waals surface area contributed by atoms with E-state index in [-0.39, 0.29) is 49.3 Å². The Morgan fingerprint density at radius 3 is 1.21 bits per heavy atom. The largest absolute Gasteiger partial charge is 0.376 e. The lowest BCUT2D eigenvalue weighted by atomic mass is 9.47. The Bertz CT molecular complexity index is 2550. The number of hydrogen-bond acceptors (Lipinski definition) is 6. The van der Waals surface area contributed by atoms with Gasteiger partial charge in [-0.2, -0.15) is 0 Å². The monoisotopic (exact) mass is 1090 g/mol. The van der Waals surface area contributed by atoms with E-state index < -0.39 is 23.6 Å². The molecule has 6 fully saturated rings. The fourth-order valence-electron chi connectivity index (χ4n) is 21.6. The molecule has 0 unspecified atom stereocenters. The number of nitrogens with zero attached hydrogens (tertiary/aromatic N) is 2. The average molecular weight is 1090 g/mol. The molecule has 0 saturated heterocycles. The molecule has 0 spiro atoms. The molecular formula is C72H102N2O6. The SMILES string of the molecule is CC(C)CCC[C@@H](C)[C@H]1CC[C@H]2[C@@H]3CC=C4C[C@@H](OCCN5C(=O)c6ccc7c8c(ccc(c68)C5=O)C(=O)N(CCO[C@H]5CC[C@@]6(C)C(=CC[C@H]8[C@@H]9CC[C@H]([C@H](C)CCCC(C)C)[C@@]9(C)CC[C@@H]86)C5)C7=O)CC[C@]4(C)[C@H]3CC[C@]12C. The van der Waals surface area contributed by atoms with Crippen molar-refractivity contribution in [2.75, 3.05) is 26.3 Å². The van der Waals surface area contributed by atoms with Crippen molar-refractivity contribution < 1.29 is 28.7 Å². The summed E-state index contributed by atoms with van der Waals surface area (Å²) in [5.74, 6) is 8.06.